The summed E-state index contributed by atoms with van der Waals surface area (Å²) in [5.41, 5.74) is 6.18. The maximum absolute atomic E-state index is 14.1. The zero-order valence-corrected chi connectivity index (χ0v) is 11.6. The molecule has 1 saturated heterocycles. The van der Waals surface area contributed by atoms with Crippen LogP contribution in [0.1, 0.15) is 5.56 Å². The smallest absolute Gasteiger partial charge is 0.169 e. The molecule has 4 nitrogen and oxygen atoms in total. The topological polar surface area (TPSA) is 47.7 Å². The summed E-state index contributed by atoms with van der Waals surface area (Å²) >= 11 is 4.93. The second kappa shape index (κ2) is 6.27. The van der Waals surface area contributed by atoms with Crippen LogP contribution in [0.4, 0.5) is 4.39 Å². The molecule has 1 aliphatic rings. The normalized spacial score (nSPS) is 20.2. The monoisotopic (exact) mass is 284 g/mol. The van der Waals surface area contributed by atoms with Crippen LogP contribution < -0.4 is 10.5 Å². The van der Waals surface area contributed by atoms with Crippen molar-refractivity contribution in [1.82, 2.24) is 4.90 Å². The number of hydrogen-bond donors (Lipinski definition) is 1. The number of nitrogens with two attached hydrogens (primary N) is 1. The molecular weight excluding hydrogens is 267 g/mol. The van der Waals surface area contributed by atoms with E-state index in [0.717, 1.165) is 6.54 Å². The Kier molecular flexibility index (Phi) is 4.68. The maximum Gasteiger partial charge on any atom is 0.169 e. The van der Waals surface area contributed by atoms with Gasteiger partial charge in [-0.3, -0.25) is 4.90 Å². The van der Waals surface area contributed by atoms with Gasteiger partial charge in [0.2, 0.25) is 0 Å². The Bertz CT molecular complexity index is 470. The zero-order chi connectivity index (χ0) is 13.8. The first-order valence-corrected chi connectivity index (χ1v) is 6.47. The van der Waals surface area contributed by atoms with Crippen LogP contribution >= 0.6 is 12.2 Å². The van der Waals surface area contributed by atoms with Gasteiger partial charge in [0.25, 0.3) is 0 Å². The predicted octanol–water partition coefficient (Wildman–Crippen LogP) is 1.32. The van der Waals surface area contributed by atoms with E-state index in [0.29, 0.717) is 30.2 Å². The molecular formula is C13H17FN2O2S. The van der Waals surface area contributed by atoms with Crippen LogP contribution in [-0.4, -0.2) is 42.8 Å². The molecule has 1 unspecified atom stereocenters. The summed E-state index contributed by atoms with van der Waals surface area (Å²) in [4.78, 5) is 2.42. The Morgan fingerprint density at radius 2 is 2.42 bits per heavy atom. The van der Waals surface area contributed by atoms with Gasteiger partial charge in [-0.05, 0) is 6.07 Å². The number of morpholine rings is 1. The van der Waals surface area contributed by atoms with Crippen molar-refractivity contribution in [2.45, 2.75) is 12.6 Å². The highest BCUT2D eigenvalue weighted by Gasteiger charge is 2.23. The van der Waals surface area contributed by atoms with E-state index in [-0.39, 0.29) is 17.7 Å². The number of methoxy groups -OCH3 is 1. The predicted molar refractivity (Wildman–Crippen MR) is 74.8 cm³/mol. The highest BCUT2D eigenvalue weighted by Crippen LogP contribution is 2.21. The van der Waals surface area contributed by atoms with Crippen LogP contribution in [0.3, 0.4) is 0 Å². The molecule has 0 radical (unpaired) electrons. The molecule has 104 valence electrons. The lowest BCUT2D eigenvalue weighted by molar-refractivity contribution is 0.00350. The summed E-state index contributed by atoms with van der Waals surface area (Å²) in [6.45, 7) is 2.36. The van der Waals surface area contributed by atoms with Gasteiger partial charge in [0.15, 0.2) is 11.6 Å². The number of hydrogen-bond acceptors (Lipinski definition) is 4. The summed E-state index contributed by atoms with van der Waals surface area (Å²) in [7, 11) is 1.46. The molecule has 0 amide bonds. The van der Waals surface area contributed by atoms with Gasteiger partial charge in [-0.25, -0.2) is 4.39 Å². The number of ether oxygens (including phenoxy) is 2. The Morgan fingerprint density at radius 3 is 3.11 bits per heavy atom. The van der Waals surface area contributed by atoms with Gasteiger partial charge in [-0.15, -0.1) is 0 Å². The maximum atomic E-state index is 14.1. The molecule has 19 heavy (non-hydrogen) atoms. The third-order valence-corrected chi connectivity index (χ3v) is 3.39. The van der Waals surface area contributed by atoms with Gasteiger partial charge in [-0.1, -0.05) is 24.4 Å². The average molecular weight is 284 g/mol. The van der Waals surface area contributed by atoms with Gasteiger partial charge >= 0.3 is 0 Å². The molecule has 0 saturated carbocycles. The standard InChI is InChI=1S/C13H17FN2O2S/c1-17-10-4-2-3-9(12(10)14)7-16-5-6-18-11(8-16)13(15)19/h2-4,11H,5-8H2,1H3,(H2,15,19). The molecule has 1 fully saturated rings. The van der Waals surface area contributed by atoms with E-state index in [1.807, 2.05) is 0 Å². The molecule has 1 aliphatic heterocycles. The molecule has 1 heterocycles. The minimum Gasteiger partial charge on any atom is -0.494 e. The van der Waals surface area contributed by atoms with Crippen molar-refractivity contribution in [2.24, 2.45) is 5.73 Å². The molecule has 2 rings (SSSR count). The minimum atomic E-state index is -0.316. The van der Waals surface area contributed by atoms with Gasteiger partial charge in [-0.2, -0.15) is 0 Å². The van der Waals surface area contributed by atoms with Crippen molar-refractivity contribution in [3.05, 3.63) is 29.6 Å². The Hall–Kier alpha value is -1.24. The fourth-order valence-electron chi connectivity index (χ4n) is 2.10. The molecule has 0 aliphatic carbocycles. The van der Waals surface area contributed by atoms with Gasteiger partial charge < -0.3 is 15.2 Å². The van der Waals surface area contributed by atoms with E-state index in [1.165, 1.54) is 7.11 Å². The lowest BCUT2D eigenvalue weighted by Crippen LogP contribution is -2.47. The number of benzene rings is 1. The van der Waals surface area contributed by atoms with E-state index in [9.17, 15) is 4.39 Å². The Morgan fingerprint density at radius 1 is 1.63 bits per heavy atom. The summed E-state index contributed by atoms with van der Waals surface area (Å²) in [5.74, 6) is -0.0555. The van der Waals surface area contributed by atoms with Crippen LogP contribution in [0, 0.1) is 5.82 Å². The highest BCUT2D eigenvalue weighted by molar-refractivity contribution is 7.80. The second-order valence-corrected chi connectivity index (χ2v) is 4.90. The van der Waals surface area contributed by atoms with E-state index >= 15 is 0 Å². The van der Waals surface area contributed by atoms with Crippen molar-refractivity contribution in [1.29, 1.82) is 0 Å². The second-order valence-electron chi connectivity index (χ2n) is 4.43. The van der Waals surface area contributed by atoms with Crippen LogP contribution in [0.25, 0.3) is 0 Å². The summed E-state index contributed by atoms with van der Waals surface area (Å²) in [5, 5.41) is 0. The number of rotatable bonds is 4. The first-order valence-electron chi connectivity index (χ1n) is 6.06. The van der Waals surface area contributed by atoms with Gasteiger partial charge in [0.1, 0.15) is 11.1 Å². The molecule has 0 spiro atoms. The molecule has 2 N–H and O–H groups in total. The third-order valence-electron chi connectivity index (χ3n) is 3.13. The fourth-order valence-corrected chi connectivity index (χ4v) is 2.24. The molecule has 1 aromatic carbocycles. The summed E-state index contributed by atoms with van der Waals surface area (Å²) < 4.78 is 24.5. The Labute approximate surface area is 117 Å². The zero-order valence-electron chi connectivity index (χ0n) is 10.8. The van der Waals surface area contributed by atoms with Crippen molar-refractivity contribution >= 4 is 17.2 Å². The van der Waals surface area contributed by atoms with E-state index < -0.39 is 0 Å². The molecule has 6 heteroatoms. The minimum absolute atomic E-state index is 0.252. The molecule has 0 bridgehead atoms. The lowest BCUT2D eigenvalue weighted by Gasteiger charge is -2.32. The van der Waals surface area contributed by atoms with Crippen molar-refractivity contribution in [3.63, 3.8) is 0 Å². The molecule has 1 aromatic rings. The first-order chi connectivity index (χ1) is 9.11. The number of thiocarbonyl (C=S) groups is 1. The highest BCUT2D eigenvalue weighted by atomic mass is 32.1. The average Bonchev–Trinajstić information content (AvgIpc) is 2.41. The number of halogens is 1. The van der Waals surface area contributed by atoms with Crippen LogP contribution in [-0.2, 0) is 11.3 Å². The molecule has 1 atom stereocenters. The van der Waals surface area contributed by atoms with Crippen LogP contribution in [0.2, 0.25) is 0 Å². The number of nitrogens with zero attached hydrogens (tertiary/aromatic N) is 1. The summed E-state index contributed by atoms with van der Waals surface area (Å²) in [6.07, 6.45) is -0.252. The third kappa shape index (κ3) is 3.40. The summed E-state index contributed by atoms with van der Waals surface area (Å²) in [6, 6.07) is 5.14. The van der Waals surface area contributed by atoms with Crippen LogP contribution in [0.5, 0.6) is 5.75 Å². The van der Waals surface area contributed by atoms with Crippen molar-refractivity contribution < 1.29 is 13.9 Å². The van der Waals surface area contributed by atoms with E-state index in [4.69, 9.17) is 27.4 Å². The lowest BCUT2D eigenvalue weighted by atomic mass is 10.1. The first kappa shape index (κ1) is 14.2. The molecule has 0 aromatic heterocycles. The van der Waals surface area contributed by atoms with Crippen molar-refractivity contribution in [3.8, 4) is 5.75 Å². The van der Waals surface area contributed by atoms with Crippen LogP contribution in [0.15, 0.2) is 18.2 Å². The fraction of sp³-hybridized carbons (Fsp3) is 0.462. The van der Waals surface area contributed by atoms with E-state index in [2.05, 4.69) is 4.90 Å². The quantitative estimate of drug-likeness (QED) is 0.845. The van der Waals surface area contributed by atoms with E-state index in [1.54, 1.807) is 18.2 Å². The van der Waals surface area contributed by atoms with Gasteiger partial charge in [0, 0.05) is 25.2 Å². The Balaban J connectivity index is 2.06. The van der Waals surface area contributed by atoms with Gasteiger partial charge in [0.05, 0.1) is 13.7 Å². The SMILES string of the molecule is COc1cccc(CN2CCOC(C(N)=S)C2)c1F. The largest absolute Gasteiger partial charge is 0.494 e. The van der Waals surface area contributed by atoms with Crippen molar-refractivity contribution in [2.75, 3.05) is 26.8 Å².